The van der Waals surface area contributed by atoms with Crippen molar-refractivity contribution in [1.82, 2.24) is 15.0 Å². The lowest BCUT2D eigenvalue weighted by molar-refractivity contribution is 0.101. The molecule has 4 nitrogen and oxygen atoms in total. The molecule has 0 N–H and O–H groups in total. The van der Waals surface area contributed by atoms with Crippen molar-refractivity contribution in [2.45, 2.75) is 6.92 Å². The Morgan fingerprint density at radius 2 is 2.29 bits per heavy atom. The van der Waals surface area contributed by atoms with Crippen molar-refractivity contribution in [1.29, 1.82) is 0 Å². The first-order valence-electron chi connectivity index (χ1n) is 4.00. The second kappa shape index (κ2) is 3.63. The van der Waals surface area contributed by atoms with E-state index in [-0.39, 0.29) is 5.78 Å². The molecule has 0 saturated heterocycles. The number of aromatic nitrogens is 3. The molecule has 0 fully saturated rings. The van der Waals surface area contributed by atoms with Crippen LogP contribution in [-0.4, -0.2) is 20.7 Å². The molecule has 0 radical (unpaired) electrons. The third-order valence-corrected chi connectivity index (χ3v) is 2.26. The van der Waals surface area contributed by atoms with E-state index in [0.717, 1.165) is 0 Å². The monoisotopic (exact) mass is 205 g/mol. The summed E-state index contributed by atoms with van der Waals surface area (Å²) in [5.74, 6) is 0.433. The lowest BCUT2D eigenvalue weighted by Gasteiger charge is -1.96. The van der Waals surface area contributed by atoms with Crippen LogP contribution in [0.15, 0.2) is 23.2 Å². The number of thiazole rings is 1. The second-order valence-corrected chi connectivity index (χ2v) is 3.41. The van der Waals surface area contributed by atoms with E-state index >= 15 is 0 Å². The van der Waals surface area contributed by atoms with Gasteiger partial charge in [0.2, 0.25) is 0 Å². The fraction of sp³-hybridized carbons (Fsp3) is 0.111. The van der Waals surface area contributed by atoms with Crippen LogP contribution in [0.5, 0.6) is 0 Å². The molecular weight excluding hydrogens is 198 g/mol. The third kappa shape index (κ3) is 1.67. The van der Waals surface area contributed by atoms with Crippen molar-refractivity contribution in [3.63, 3.8) is 0 Å². The summed E-state index contributed by atoms with van der Waals surface area (Å²) in [4.78, 5) is 23.3. The first-order valence-corrected chi connectivity index (χ1v) is 4.94. The Morgan fingerprint density at radius 3 is 2.93 bits per heavy atom. The van der Waals surface area contributed by atoms with E-state index in [9.17, 15) is 4.79 Å². The molecule has 0 aromatic carbocycles. The maximum absolute atomic E-state index is 11.1. The van der Waals surface area contributed by atoms with Crippen molar-refractivity contribution < 1.29 is 4.79 Å². The maximum Gasteiger partial charge on any atom is 0.179 e. The largest absolute Gasteiger partial charge is 0.293 e. The number of carbonyl (C=O) groups is 1. The zero-order chi connectivity index (χ0) is 9.97. The van der Waals surface area contributed by atoms with Gasteiger partial charge in [0.05, 0.1) is 5.51 Å². The molecule has 2 aromatic rings. The zero-order valence-corrected chi connectivity index (χ0v) is 8.28. The molecule has 0 unspecified atom stereocenters. The predicted molar refractivity (Wildman–Crippen MR) is 53.1 cm³/mol. The van der Waals surface area contributed by atoms with E-state index in [1.807, 2.05) is 5.38 Å². The molecule has 2 heterocycles. The van der Waals surface area contributed by atoms with Crippen LogP contribution in [-0.2, 0) is 0 Å². The average molecular weight is 205 g/mol. The van der Waals surface area contributed by atoms with Crippen LogP contribution in [0.1, 0.15) is 17.4 Å². The van der Waals surface area contributed by atoms with Gasteiger partial charge in [-0.15, -0.1) is 11.3 Å². The average Bonchev–Trinajstić information content (AvgIpc) is 2.71. The number of hydrogen-bond donors (Lipinski definition) is 0. The van der Waals surface area contributed by atoms with Gasteiger partial charge in [0.15, 0.2) is 11.6 Å². The van der Waals surface area contributed by atoms with Crippen LogP contribution in [0.3, 0.4) is 0 Å². The Hall–Kier alpha value is -1.62. The van der Waals surface area contributed by atoms with Gasteiger partial charge in [-0.2, -0.15) is 0 Å². The topological polar surface area (TPSA) is 55.7 Å². The number of carbonyl (C=O) groups excluding carboxylic acids is 1. The van der Waals surface area contributed by atoms with Crippen molar-refractivity contribution >= 4 is 17.1 Å². The van der Waals surface area contributed by atoms with Crippen molar-refractivity contribution in [3.05, 3.63) is 28.8 Å². The molecule has 0 saturated carbocycles. The van der Waals surface area contributed by atoms with Gasteiger partial charge in [-0.3, -0.25) is 4.79 Å². The van der Waals surface area contributed by atoms with Gasteiger partial charge in [-0.05, 0) is 6.07 Å². The summed E-state index contributed by atoms with van der Waals surface area (Å²) < 4.78 is 0. The molecule has 0 aliphatic carbocycles. The predicted octanol–water partition coefficient (Wildman–Crippen LogP) is 1.80. The number of rotatable bonds is 2. The van der Waals surface area contributed by atoms with Crippen LogP contribution in [0.2, 0.25) is 0 Å². The standard InChI is InChI=1S/C9H7N3OS/c1-6(13)7-2-3-10-9(12-7)8-4-14-5-11-8/h2-5H,1H3. The number of hydrogen-bond acceptors (Lipinski definition) is 5. The molecule has 2 aromatic heterocycles. The van der Waals surface area contributed by atoms with Gasteiger partial charge >= 0.3 is 0 Å². The van der Waals surface area contributed by atoms with Gasteiger partial charge in [0.25, 0.3) is 0 Å². The van der Waals surface area contributed by atoms with E-state index in [2.05, 4.69) is 15.0 Å². The summed E-state index contributed by atoms with van der Waals surface area (Å²) in [6, 6.07) is 1.60. The van der Waals surface area contributed by atoms with Crippen LogP contribution >= 0.6 is 11.3 Å². The fourth-order valence-corrected chi connectivity index (χ4v) is 1.53. The molecule has 0 aliphatic heterocycles. The molecule has 0 atom stereocenters. The van der Waals surface area contributed by atoms with E-state index in [1.165, 1.54) is 18.3 Å². The van der Waals surface area contributed by atoms with E-state index in [1.54, 1.807) is 17.8 Å². The van der Waals surface area contributed by atoms with Crippen LogP contribution in [0.4, 0.5) is 0 Å². The Balaban J connectivity index is 2.46. The Bertz CT molecular complexity index is 453. The minimum absolute atomic E-state index is 0.0659. The summed E-state index contributed by atoms with van der Waals surface area (Å²) in [6.07, 6.45) is 1.57. The van der Waals surface area contributed by atoms with E-state index < -0.39 is 0 Å². The minimum atomic E-state index is -0.0659. The SMILES string of the molecule is CC(=O)c1ccnc(-c2cscn2)n1. The summed E-state index contributed by atoms with van der Waals surface area (Å²) in [7, 11) is 0. The number of ketones is 1. The summed E-state index contributed by atoms with van der Waals surface area (Å²) >= 11 is 1.47. The number of Topliss-reactive ketones (excluding diaryl/α,β-unsaturated/α-hetero) is 1. The Labute approximate surface area is 84.7 Å². The molecule has 0 amide bonds. The first kappa shape index (κ1) is 8.96. The van der Waals surface area contributed by atoms with Crippen molar-refractivity contribution in [2.24, 2.45) is 0 Å². The van der Waals surface area contributed by atoms with Crippen molar-refractivity contribution in [2.75, 3.05) is 0 Å². The van der Waals surface area contributed by atoms with Gasteiger partial charge in [-0.1, -0.05) is 0 Å². The highest BCUT2D eigenvalue weighted by Gasteiger charge is 2.06. The molecule has 0 aliphatic rings. The molecule has 70 valence electrons. The van der Waals surface area contributed by atoms with Crippen LogP contribution in [0.25, 0.3) is 11.5 Å². The van der Waals surface area contributed by atoms with Gasteiger partial charge in [0, 0.05) is 18.5 Å². The Kier molecular flexibility index (Phi) is 2.32. The molecule has 0 spiro atoms. The van der Waals surface area contributed by atoms with E-state index in [0.29, 0.717) is 17.2 Å². The molecular formula is C9H7N3OS. The second-order valence-electron chi connectivity index (χ2n) is 2.70. The highest BCUT2D eigenvalue weighted by molar-refractivity contribution is 7.07. The van der Waals surface area contributed by atoms with Gasteiger partial charge in [-0.25, -0.2) is 15.0 Å². The molecule has 14 heavy (non-hydrogen) atoms. The normalized spacial score (nSPS) is 10.1. The fourth-order valence-electron chi connectivity index (χ4n) is 1.00. The third-order valence-electron chi connectivity index (χ3n) is 1.68. The quantitative estimate of drug-likeness (QED) is 0.701. The highest BCUT2D eigenvalue weighted by Crippen LogP contribution is 2.13. The minimum Gasteiger partial charge on any atom is -0.293 e. The van der Waals surface area contributed by atoms with Crippen molar-refractivity contribution in [3.8, 4) is 11.5 Å². The maximum atomic E-state index is 11.1. The molecule has 2 rings (SSSR count). The van der Waals surface area contributed by atoms with E-state index in [4.69, 9.17) is 0 Å². The first-order chi connectivity index (χ1) is 6.77. The highest BCUT2D eigenvalue weighted by atomic mass is 32.1. The summed E-state index contributed by atoms with van der Waals surface area (Å²) in [6.45, 7) is 1.48. The Morgan fingerprint density at radius 1 is 1.43 bits per heavy atom. The lowest BCUT2D eigenvalue weighted by atomic mass is 10.3. The van der Waals surface area contributed by atoms with Crippen LogP contribution in [0, 0.1) is 0 Å². The molecule has 0 bridgehead atoms. The van der Waals surface area contributed by atoms with Gasteiger partial charge in [0.1, 0.15) is 11.4 Å². The smallest absolute Gasteiger partial charge is 0.179 e. The van der Waals surface area contributed by atoms with Gasteiger partial charge < -0.3 is 0 Å². The summed E-state index contributed by atoms with van der Waals surface area (Å²) in [5.41, 5.74) is 2.83. The lowest BCUT2D eigenvalue weighted by Crippen LogP contribution is -1.99. The summed E-state index contributed by atoms with van der Waals surface area (Å²) in [5, 5.41) is 1.85. The molecule has 5 heteroatoms. The number of nitrogens with zero attached hydrogens (tertiary/aromatic N) is 3. The van der Waals surface area contributed by atoms with Crippen LogP contribution < -0.4 is 0 Å². The zero-order valence-electron chi connectivity index (χ0n) is 7.47.